The second kappa shape index (κ2) is 3.12. The number of hydroxylamine groups is 3. The van der Waals surface area contributed by atoms with Gasteiger partial charge in [0.2, 0.25) is 0 Å². The third-order valence-corrected chi connectivity index (χ3v) is 2.02. The van der Waals surface area contributed by atoms with Gasteiger partial charge in [0.1, 0.15) is 0 Å². The van der Waals surface area contributed by atoms with Crippen LogP contribution in [0.5, 0.6) is 0 Å². The molecule has 1 aliphatic rings. The van der Waals surface area contributed by atoms with Crippen LogP contribution in [0.15, 0.2) is 0 Å². The molecule has 0 aliphatic carbocycles. The van der Waals surface area contributed by atoms with Crippen molar-refractivity contribution in [2.24, 2.45) is 0 Å². The Bertz CT molecular complexity index is 117. The van der Waals surface area contributed by atoms with Crippen LogP contribution in [0.2, 0.25) is 0 Å². The highest BCUT2D eigenvalue weighted by Crippen LogP contribution is 2.14. The molecule has 3 nitrogen and oxygen atoms in total. The monoisotopic (exact) mass is 143 g/mol. The maximum Gasteiger partial charge on any atom is 0.301 e. The lowest BCUT2D eigenvalue weighted by molar-refractivity contribution is -0.793. The molecule has 0 aromatic rings. The number of hydrogen-bond donors (Lipinski definition) is 0. The van der Waals surface area contributed by atoms with Crippen molar-refractivity contribution in [3.63, 3.8) is 0 Å². The molecule has 10 heavy (non-hydrogen) atoms. The lowest BCUT2D eigenvalue weighted by Crippen LogP contribution is -2.41. The molecule has 0 aromatic carbocycles. The van der Waals surface area contributed by atoms with Gasteiger partial charge in [0.25, 0.3) is 0 Å². The molecule has 1 aliphatic heterocycles. The molecule has 1 heterocycles. The lowest BCUT2D eigenvalue weighted by atomic mass is 10.2. The molecule has 3 heteroatoms. The smallest absolute Gasteiger partial charge is 0.301 e. The second-order valence-electron chi connectivity index (χ2n) is 2.92. The number of likely N-dealkylation sites (tertiary alicyclic amines) is 1. The molecule has 0 saturated carbocycles. The van der Waals surface area contributed by atoms with Crippen LogP contribution < -0.4 is 0 Å². The summed E-state index contributed by atoms with van der Waals surface area (Å²) in [5, 5.41) is 11.3. The Hall–Kier alpha value is -0.410. The minimum Gasteiger partial charge on any atom is -0.625 e. The van der Waals surface area contributed by atoms with Crippen molar-refractivity contribution in [3.05, 3.63) is 5.21 Å². The predicted molar refractivity (Wildman–Crippen MR) is 37.9 cm³/mol. The van der Waals surface area contributed by atoms with E-state index in [0.717, 1.165) is 25.7 Å². The molecule has 0 atom stereocenters. The van der Waals surface area contributed by atoms with Crippen molar-refractivity contribution in [1.82, 2.24) is 0 Å². The number of carbonyl (C=O) groups is 1. The van der Waals surface area contributed by atoms with Gasteiger partial charge < -0.3 is 9.85 Å². The second-order valence-corrected chi connectivity index (χ2v) is 2.92. The van der Waals surface area contributed by atoms with Crippen LogP contribution in [0.4, 0.5) is 0 Å². The van der Waals surface area contributed by atoms with Gasteiger partial charge in [-0.1, -0.05) is 0 Å². The Morgan fingerprint density at radius 3 is 2.00 bits per heavy atom. The minimum absolute atomic E-state index is 0.490. The molecule has 1 fully saturated rings. The van der Waals surface area contributed by atoms with Crippen molar-refractivity contribution in [2.75, 3.05) is 13.1 Å². The van der Waals surface area contributed by atoms with E-state index < -0.39 is 4.65 Å². The molecule has 0 spiro atoms. The van der Waals surface area contributed by atoms with Crippen LogP contribution in [0.25, 0.3) is 0 Å². The Morgan fingerprint density at radius 1 is 1.10 bits per heavy atom. The highest BCUT2D eigenvalue weighted by atomic mass is 16.6. The van der Waals surface area contributed by atoms with Gasteiger partial charge in [0.15, 0.2) is 0 Å². The number of nitrogens with zero attached hydrogens (tertiary/aromatic N) is 1. The van der Waals surface area contributed by atoms with E-state index in [4.69, 9.17) is 0 Å². The van der Waals surface area contributed by atoms with Crippen LogP contribution in [-0.2, 0) is 4.79 Å². The largest absolute Gasteiger partial charge is 0.625 e. The number of hydrogen-bond acceptors (Lipinski definition) is 2. The Balaban J connectivity index is 2.48. The third-order valence-electron chi connectivity index (χ3n) is 2.02. The van der Waals surface area contributed by atoms with Crippen LogP contribution in [0, 0.1) is 5.21 Å². The van der Waals surface area contributed by atoms with Crippen molar-refractivity contribution in [2.45, 2.75) is 25.7 Å². The molecule has 1 saturated heterocycles. The molecule has 0 unspecified atom stereocenters. The number of rotatable bonds is 1. The van der Waals surface area contributed by atoms with E-state index in [9.17, 15) is 10.0 Å². The molecule has 1 rings (SSSR count). The van der Waals surface area contributed by atoms with Gasteiger partial charge in [-0.3, -0.25) is 0 Å². The van der Waals surface area contributed by atoms with E-state index in [-0.39, 0.29) is 0 Å². The molecule has 0 aromatic heterocycles. The summed E-state index contributed by atoms with van der Waals surface area (Å²) >= 11 is 0. The fourth-order valence-corrected chi connectivity index (χ4v) is 1.33. The summed E-state index contributed by atoms with van der Waals surface area (Å²) in [5.74, 6) is 0. The summed E-state index contributed by atoms with van der Waals surface area (Å²) in [4.78, 5) is 10.3. The zero-order chi connectivity index (χ0) is 7.45. The summed E-state index contributed by atoms with van der Waals surface area (Å²) < 4.78 is -0.611. The Morgan fingerprint density at radius 2 is 1.60 bits per heavy atom. The molecular formula is C7H13NO2. The summed E-state index contributed by atoms with van der Waals surface area (Å²) in [6.07, 6.45) is 4.56. The van der Waals surface area contributed by atoms with Crippen molar-refractivity contribution < 1.29 is 9.44 Å². The molecule has 0 radical (unpaired) electrons. The van der Waals surface area contributed by atoms with Crippen LogP contribution in [-0.4, -0.2) is 24.1 Å². The van der Waals surface area contributed by atoms with Crippen molar-refractivity contribution in [1.29, 1.82) is 0 Å². The van der Waals surface area contributed by atoms with Gasteiger partial charge in [-0.05, 0) is 25.7 Å². The first-order valence-electron chi connectivity index (χ1n) is 3.81. The van der Waals surface area contributed by atoms with E-state index in [1.54, 1.807) is 0 Å². The van der Waals surface area contributed by atoms with Crippen molar-refractivity contribution in [3.8, 4) is 0 Å². The first-order valence-corrected chi connectivity index (χ1v) is 3.81. The molecule has 0 N–H and O–H groups in total. The molecule has 0 bridgehead atoms. The molecule has 58 valence electrons. The summed E-state index contributed by atoms with van der Waals surface area (Å²) in [6, 6.07) is 0. The Kier molecular flexibility index (Phi) is 2.40. The first-order chi connectivity index (χ1) is 4.77. The van der Waals surface area contributed by atoms with E-state index in [2.05, 4.69) is 0 Å². The van der Waals surface area contributed by atoms with E-state index in [1.807, 2.05) is 0 Å². The maximum absolute atomic E-state index is 11.3. The first kappa shape index (κ1) is 7.69. The summed E-state index contributed by atoms with van der Waals surface area (Å²) in [7, 11) is 0. The lowest BCUT2D eigenvalue weighted by Gasteiger charge is -2.34. The highest BCUT2D eigenvalue weighted by Gasteiger charge is 2.17. The van der Waals surface area contributed by atoms with Crippen LogP contribution >= 0.6 is 0 Å². The summed E-state index contributed by atoms with van der Waals surface area (Å²) in [6.45, 7) is 0.979. The predicted octanol–water partition coefficient (Wildman–Crippen LogP) is 1.03. The maximum atomic E-state index is 11.3. The van der Waals surface area contributed by atoms with E-state index >= 15 is 0 Å². The van der Waals surface area contributed by atoms with Crippen LogP contribution in [0.1, 0.15) is 25.7 Å². The third kappa shape index (κ3) is 1.78. The van der Waals surface area contributed by atoms with Crippen molar-refractivity contribution >= 4 is 6.41 Å². The average molecular weight is 143 g/mol. The zero-order valence-corrected chi connectivity index (χ0v) is 6.08. The molecule has 1 amide bonds. The Labute approximate surface area is 60.8 Å². The quantitative estimate of drug-likeness (QED) is 0.312. The fraction of sp³-hybridized carbons (Fsp3) is 0.857. The fourth-order valence-electron chi connectivity index (χ4n) is 1.33. The van der Waals surface area contributed by atoms with Crippen LogP contribution in [0.3, 0.4) is 0 Å². The number of carbonyl (C=O) groups excluding carboxylic acids is 1. The number of quaternary nitrogens is 1. The standard InChI is InChI=1S/C7H13NO2/c9-7-8(10)5-3-1-2-4-6-8/h7H,1-6H2. The topological polar surface area (TPSA) is 40.1 Å². The minimum atomic E-state index is -0.611. The van der Waals surface area contributed by atoms with Gasteiger partial charge in [-0.15, -0.1) is 0 Å². The van der Waals surface area contributed by atoms with Gasteiger partial charge in [0, 0.05) is 0 Å². The molecular weight excluding hydrogens is 130 g/mol. The van der Waals surface area contributed by atoms with Gasteiger partial charge >= 0.3 is 6.41 Å². The highest BCUT2D eigenvalue weighted by molar-refractivity contribution is 5.37. The normalized spacial score (nSPS) is 25.3. The zero-order valence-electron chi connectivity index (χ0n) is 6.08. The number of amides is 1. The van der Waals surface area contributed by atoms with Gasteiger partial charge in [-0.25, -0.2) is 4.79 Å². The average Bonchev–Trinajstić information content (AvgIpc) is 2.15. The van der Waals surface area contributed by atoms with Gasteiger partial charge in [-0.2, -0.15) is 0 Å². The summed E-state index contributed by atoms with van der Waals surface area (Å²) in [5.41, 5.74) is 0. The van der Waals surface area contributed by atoms with E-state index in [0.29, 0.717) is 19.5 Å². The van der Waals surface area contributed by atoms with E-state index in [1.165, 1.54) is 0 Å². The van der Waals surface area contributed by atoms with Gasteiger partial charge in [0.05, 0.1) is 13.1 Å². The SMILES string of the molecule is O=C[N+]1([O-])CCCCCC1.